The number of hydrogen-bond acceptors (Lipinski definition) is 4. The van der Waals surface area contributed by atoms with Crippen LogP contribution in [0, 0.1) is 10.8 Å². The molecule has 0 atom stereocenters. The van der Waals surface area contributed by atoms with Gasteiger partial charge in [0.1, 0.15) is 0 Å². The number of rotatable bonds is 2. The highest BCUT2D eigenvalue weighted by atomic mass is 35.5. The molecule has 1 amide bonds. The average molecular weight is 302 g/mol. The fourth-order valence-electron chi connectivity index (χ4n) is 3.49. The first kappa shape index (κ1) is 14.7. The monoisotopic (exact) mass is 301 g/mol. The molecule has 1 heterocycles. The quantitative estimate of drug-likeness (QED) is 0.909. The third kappa shape index (κ3) is 3.89. The number of halogens is 1. The van der Waals surface area contributed by atoms with Crippen molar-refractivity contribution in [2.24, 2.45) is 10.8 Å². The molecule has 0 spiro atoms. The molecular formula is C13H20ClN3OS. The van der Waals surface area contributed by atoms with Crippen molar-refractivity contribution >= 4 is 28.8 Å². The molecule has 19 heavy (non-hydrogen) atoms. The molecule has 1 aromatic rings. The largest absolute Gasteiger partial charge is 0.347 e. The van der Waals surface area contributed by atoms with E-state index in [0.29, 0.717) is 9.47 Å². The SMILES string of the molecule is CC1(C)CC(NC(=O)c2nnc(Cl)s2)CC(C)(C)C1. The first-order chi connectivity index (χ1) is 8.67. The Morgan fingerprint density at radius 1 is 1.26 bits per heavy atom. The highest BCUT2D eigenvalue weighted by Crippen LogP contribution is 2.45. The van der Waals surface area contributed by atoms with Gasteiger partial charge in [-0.05, 0) is 41.7 Å². The predicted octanol–water partition coefficient (Wildman–Crippen LogP) is 3.53. The van der Waals surface area contributed by atoms with Gasteiger partial charge in [0.2, 0.25) is 9.47 Å². The first-order valence-electron chi connectivity index (χ1n) is 6.47. The zero-order chi connectivity index (χ0) is 14.3. The standard InChI is InChI=1S/C13H20ClN3OS/c1-12(2)5-8(6-13(3,4)7-12)15-9(18)10-16-17-11(14)19-10/h8H,5-7H2,1-4H3,(H,15,18). The molecule has 1 aromatic heterocycles. The van der Waals surface area contributed by atoms with Crippen LogP contribution in [0.2, 0.25) is 4.47 Å². The van der Waals surface area contributed by atoms with Crippen molar-refractivity contribution in [3.63, 3.8) is 0 Å². The van der Waals surface area contributed by atoms with Crippen molar-refractivity contribution in [2.45, 2.75) is 53.0 Å². The van der Waals surface area contributed by atoms with Gasteiger partial charge in [-0.15, -0.1) is 10.2 Å². The van der Waals surface area contributed by atoms with E-state index in [1.165, 1.54) is 6.42 Å². The maximum absolute atomic E-state index is 12.1. The summed E-state index contributed by atoms with van der Waals surface area (Å²) in [5.74, 6) is -0.164. The van der Waals surface area contributed by atoms with Gasteiger partial charge in [0, 0.05) is 6.04 Å². The second-order valence-corrected chi connectivity index (χ2v) is 8.50. The summed E-state index contributed by atoms with van der Waals surface area (Å²) in [7, 11) is 0. The van der Waals surface area contributed by atoms with Gasteiger partial charge in [-0.3, -0.25) is 4.79 Å². The minimum atomic E-state index is -0.164. The van der Waals surface area contributed by atoms with Gasteiger partial charge in [-0.2, -0.15) is 0 Å². The maximum atomic E-state index is 12.1. The van der Waals surface area contributed by atoms with Gasteiger partial charge in [0.15, 0.2) is 0 Å². The fraction of sp³-hybridized carbons (Fsp3) is 0.769. The summed E-state index contributed by atoms with van der Waals surface area (Å²) >= 11 is 6.82. The summed E-state index contributed by atoms with van der Waals surface area (Å²) in [6.07, 6.45) is 3.17. The molecule has 0 aliphatic heterocycles. The van der Waals surface area contributed by atoms with Crippen molar-refractivity contribution < 1.29 is 4.79 Å². The fourth-order valence-corrected chi connectivity index (χ4v) is 4.22. The van der Waals surface area contributed by atoms with Gasteiger partial charge >= 0.3 is 0 Å². The number of nitrogens with one attached hydrogen (secondary N) is 1. The van der Waals surface area contributed by atoms with Crippen LogP contribution in [0.15, 0.2) is 0 Å². The van der Waals surface area contributed by atoms with E-state index in [4.69, 9.17) is 11.6 Å². The Morgan fingerprint density at radius 3 is 2.32 bits per heavy atom. The maximum Gasteiger partial charge on any atom is 0.282 e. The van der Waals surface area contributed by atoms with Crippen LogP contribution in [-0.2, 0) is 0 Å². The highest BCUT2D eigenvalue weighted by molar-refractivity contribution is 7.17. The van der Waals surface area contributed by atoms with Crippen molar-refractivity contribution in [1.29, 1.82) is 0 Å². The summed E-state index contributed by atoms with van der Waals surface area (Å²) < 4.78 is 0.300. The van der Waals surface area contributed by atoms with E-state index >= 15 is 0 Å². The molecule has 1 aliphatic carbocycles. The van der Waals surface area contributed by atoms with Crippen LogP contribution in [0.3, 0.4) is 0 Å². The minimum absolute atomic E-state index is 0.164. The van der Waals surface area contributed by atoms with Crippen LogP contribution < -0.4 is 5.32 Å². The first-order valence-corrected chi connectivity index (χ1v) is 7.66. The lowest BCUT2D eigenvalue weighted by atomic mass is 9.63. The second kappa shape index (κ2) is 5.02. The zero-order valence-corrected chi connectivity index (χ0v) is 13.4. The number of nitrogens with zero attached hydrogens (tertiary/aromatic N) is 2. The number of carbonyl (C=O) groups is 1. The van der Waals surface area contributed by atoms with E-state index in [1.54, 1.807) is 0 Å². The van der Waals surface area contributed by atoms with E-state index in [0.717, 1.165) is 24.2 Å². The van der Waals surface area contributed by atoms with E-state index in [2.05, 4.69) is 43.2 Å². The molecule has 1 fully saturated rings. The Kier molecular flexibility index (Phi) is 3.89. The number of aromatic nitrogens is 2. The van der Waals surface area contributed by atoms with Crippen LogP contribution >= 0.6 is 22.9 Å². The van der Waals surface area contributed by atoms with Gasteiger partial charge in [0.25, 0.3) is 5.91 Å². The lowest BCUT2D eigenvalue weighted by Crippen LogP contribution is -2.46. The van der Waals surface area contributed by atoms with Crippen molar-refractivity contribution in [3.8, 4) is 0 Å². The molecule has 6 heteroatoms. The summed E-state index contributed by atoms with van der Waals surface area (Å²) in [5.41, 5.74) is 0.497. The van der Waals surface area contributed by atoms with Crippen molar-refractivity contribution in [1.82, 2.24) is 15.5 Å². The molecule has 0 bridgehead atoms. The van der Waals surface area contributed by atoms with Crippen LogP contribution in [0.4, 0.5) is 0 Å². The molecule has 2 rings (SSSR count). The Labute approximate surface area is 123 Å². The normalized spacial score (nSPS) is 22.2. The average Bonchev–Trinajstić information content (AvgIpc) is 2.59. The van der Waals surface area contributed by atoms with Gasteiger partial charge in [-0.25, -0.2) is 0 Å². The van der Waals surface area contributed by atoms with E-state index < -0.39 is 0 Å². The summed E-state index contributed by atoms with van der Waals surface area (Å²) in [4.78, 5) is 12.1. The zero-order valence-electron chi connectivity index (χ0n) is 11.8. The lowest BCUT2D eigenvalue weighted by Gasteiger charge is -2.45. The minimum Gasteiger partial charge on any atom is -0.347 e. The van der Waals surface area contributed by atoms with E-state index in [1.807, 2.05) is 0 Å². The summed E-state index contributed by atoms with van der Waals surface area (Å²) in [6.45, 7) is 9.04. The summed E-state index contributed by atoms with van der Waals surface area (Å²) in [5, 5.41) is 10.8. The van der Waals surface area contributed by atoms with Crippen LogP contribution in [0.5, 0.6) is 0 Å². The van der Waals surface area contributed by atoms with E-state index in [-0.39, 0.29) is 22.8 Å². The van der Waals surface area contributed by atoms with Crippen LogP contribution in [0.1, 0.15) is 56.8 Å². The van der Waals surface area contributed by atoms with Crippen molar-refractivity contribution in [2.75, 3.05) is 0 Å². The molecule has 0 saturated heterocycles. The molecule has 1 saturated carbocycles. The van der Waals surface area contributed by atoms with Gasteiger partial charge in [0.05, 0.1) is 0 Å². The molecule has 0 unspecified atom stereocenters. The molecule has 1 aliphatic rings. The smallest absolute Gasteiger partial charge is 0.282 e. The number of hydrogen-bond donors (Lipinski definition) is 1. The Hall–Kier alpha value is -0.680. The molecule has 106 valence electrons. The van der Waals surface area contributed by atoms with Crippen molar-refractivity contribution in [3.05, 3.63) is 9.47 Å². The van der Waals surface area contributed by atoms with Crippen LogP contribution in [-0.4, -0.2) is 22.1 Å². The van der Waals surface area contributed by atoms with E-state index in [9.17, 15) is 4.79 Å². The molecule has 0 aromatic carbocycles. The molecular weight excluding hydrogens is 282 g/mol. The van der Waals surface area contributed by atoms with Gasteiger partial charge in [-0.1, -0.05) is 39.0 Å². The molecule has 0 radical (unpaired) electrons. The Bertz CT molecular complexity index is 468. The topological polar surface area (TPSA) is 54.9 Å². The molecule has 4 nitrogen and oxygen atoms in total. The Balaban J connectivity index is 2.04. The number of amides is 1. The highest BCUT2D eigenvalue weighted by Gasteiger charge is 2.39. The van der Waals surface area contributed by atoms with Gasteiger partial charge < -0.3 is 5.32 Å². The second-order valence-electron chi connectivity index (χ2n) is 6.94. The molecule has 1 N–H and O–H groups in total. The predicted molar refractivity (Wildman–Crippen MR) is 77.6 cm³/mol. The Morgan fingerprint density at radius 2 is 1.84 bits per heavy atom. The third-order valence-electron chi connectivity index (χ3n) is 3.48. The van der Waals surface area contributed by atoms with Crippen LogP contribution in [0.25, 0.3) is 0 Å². The number of carbonyl (C=O) groups excluding carboxylic acids is 1. The lowest BCUT2D eigenvalue weighted by molar-refractivity contribution is 0.0713. The third-order valence-corrected chi connectivity index (χ3v) is 4.50. The summed E-state index contributed by atoms with van der Waals surface area (Å²) in [6, 6.07) is 0.189.